The van der Waals surface area contributed by atoms with E-state index in [2.05, 4.69) is 32.0 Å². The summed E-state index contributed by atoms with van der Waals surface area (Å²) in [5, 5.41) is 1.17. The van der Waals surface area contributed by atoms with Gasteiger partial charge in [-0.2, -0.15) is 0 Å². The summed E-state index contributed by atoms with van der Waals surface area (Å²) in [6, 6.07) is 8.47. The number of rotatable bonds is 4. The van der Waals surface area contributed by atoms with Crippen molar-refractivity contribution < 1.29 is 4.42 Å². The minimum absolute atomic E-state index is 0.0158. The van der Waals surface area contributed by atoms with Crippen molar-refractivity contribution in [1.29, 1.82) is 0 Å². The first kappa shape index (κ1) is 11.2. The van der Waals surface area contributed by atoms with Gasteiger partial charge in [-0.25, -0.2) is 0 Å². The molecule has 2 heteroatoms. The molecule has 2 aromatic rings. The van der Waals surface area contributed by atoms with E-state index in [1.54, 1.807) is 0 Å². The SMILES string of the molecule is CCCc1ccc2oc(C(N)CC)cc2c1. The van der Waals surface area contributed by atoms with Crippen LogP contribution >= 0.6 is 0 Å². The van der Waals surface area contributed by atoms with E-state index in [1.807, 2.05) is 6.07 Å². The maximum atomic E-state index is 5.96. The summed E-state index contributed by atoms with van der Waals surface area (Å²) >= 11 is 0. The van der Waals surface area contributed by atoms with E-state index in [-0.39, 0.29) is 6.04 Å². The van der Waals surface area contributed by atoms with E-state index in [0.29, 0.717) is 0 Å². The first-order valence-electron chi connectivity index (χ1n) is 6.02. The van der Waals surface area contributed by atoms with Crippen molar-refractivity contribution in [3.05, 3.63) is 35.6 Å². The number of aryl methyl sites for hydroxylation is 1. The van der Waals surface area contributed by atoms with E-state index < -0.39 is 0 Å². The van der Waals surface area contributed by atoms with Crippen LogP contribution in [0.25, 0.3) is 11.0 Å². The lowest BCUT2D eigenvalue weighted by Gasteiger charge is -2.02. The molecule has 1 atom stereocenters. The average molecular weight is 217 g/mol. The summed E-state index contributed by atoms with van der Waals surface area (Å²) in [6.45, 7) is 4.26. The van der Waals surface area contributed by atoms with Crippen LogP contribution in [-0.4, -0.2) is 0 Å². The quantitative estimate of drug-likeness (QED) is 0.846. The molecule has 0 aliphatic carbocycles. The Labute approximate surface area is 96.4 Å². The molecular weight excluding hydrogens is 198 g/mol. The summed E-state index contributed by atoms with van der Waals surface area (Å²) in [7, 11) is 0. The first-order chi connectivity index (χ1) is 7.74. The Balaban J connectivity index is 2.38. The molecule has 0 saturated heterocycles. The predicted octanol–water partition coefficient (Wildman–Crippen LogP) is 3.80. The number of benzene rings is 1. The van der Waals surface area contributed by atoms with Gasteiger partial charge in [0.15, 0.2) is 0 Å². The molecule has 1 unspecified atom stereocenters. The lowest BCUT2D eigenvalue weighted by atomic mass is 10.1. The maximum Gasteiger partial charge on any atom is 0.134 e. The maximum absolute atomic E-state index is 5.96. The lowest BCUT2D eigenvalue weighted by molar-refractivity contribution is 0.488. The van der Waals surface area contributed by atoms with Crippen molar-refractivity contribution in [2.45, 2.75) is 39.2 Å². The van der Waals surface area contributed by atoms with E-state index in [4.69, 9.17) is 10.2 Å². The monoisotopic (exact) mass is 217 g/mol. The Morgan fingerprint density at radius 2 is 2.06 bits per heavy atom. The van der Waals surface area contributed by atoms with Crippen LogP contribution in [-0.2, 0) is 6.42 Å². The lowest BCUT2D eigenvalue weighted by Crippen LogP contribution is -2.06. The summed E-state index contributed by atoms with van der Waals surface area (Å²) in [6.07, 6.45) is 3.20. The van der Waals surface area contributed by atoms with Crippen LogP contribution < -0.4 is 5.73 Å². The van der Waals surface area contributed by atoms with Gasteiger partial charge in [-0.15, -0.1) is 0 Å². The van der Waals surface area contributed by atoms with Crippen molar-refractivity contribution in [3.63, 3.8) is 0 Å². The van der Waals surface area contributed by atoms with Gasteiger partial charge in [0.2, 0.25) is 0 Å². The number of hydrogen-bond donors (Lipinski definition) is 1. The molecule has 2 rings (SSSR count). The Kier molecular flexibility index (Phi) is 3.30. The highest BCUT2D eigenvalue weighted by Crippen LogP contribution is 2.25. The minimum Gasteiger partial charge on any atom is -0.459 e. The molecule has 0 fully saturated rings. The molecule has 86 valence electrons. The third kappa shape index (κ3) is 2.12. The van der Waals surface area contributed by atoms with Crippen molar-refractivity contribution in [2.24, 2.45) is 5.73 Å². The summed E-state index contributed by atoms with van der Waals surface area (Å²) < 4.78 is 5.73. The molecule has 0 aliphatic rings. The standard InChI is InChI=1S/C14H19NO/c1-3-5-10-6-7-13-11(8-10)9-14(16-13)12(15)4-2/h6-9,12H,3-5,15H2,1-2H3. The fraction of sp³-hybridized carbons (Fsp3) is 0.429. The summed E-state index contributed by atoms with van der Waals surface area (Å²) in [4.78, 5) is 0. The molecule has 0 spiro atoms. The van der Waals surface area contributed by atoms with E-state index in [0.717, 1.165) is 24.2 Å². The number of furan rings is 1. The summed E-state index contributed by atoms with van der Waals surface area (Å²) in [5.41, 5.74) is 8.27. The first-order valence-corrected chi connectivity index (χ1v) is 6.02. The molecular formula is C14H19NO. The molecule has 2 nitrogen and oxygen atoms in total. The highest BCUT2D eigenvalue weighted by Gasteiger charge is 2.10. The Morgan fingerprint density at radius 3 is 2.75 bits per heavy atom. The van der Waals surface area contributed by atoms with E-state index in [1.165, 1.54) is 17.4 Å². The van der Waals surface area contributed by atoms with Crippen LogP contribution in [0.15, 0.2) is 28.7 Å². The van der Waals surface area contributed by atoms with Gasteiger partial charge >= 0.3 is 0 Å². The van der Waals surface area contributed by atoms with Gasteiger partial charge in [-0.05, 0) is 36.6 Å². The largest absolute Gasteiger partial charge is 0.459 e. The van der Waals surface area contributed by atoms with Gasteiger partial charge in [0.25, 0.3) is 0 Å². The van der Waals surface area contributed by atoms with Crippen LogP contribution in [0, 0.1) is 0 Å². The molecule has 16 heavy (non-hydrogen) atoms. The second kappa shape index (κ2) is 4.71. The number of nitrogens with two attached hydrogens (primary N) is 1. The van der Waals surface area contributed by atoms with Crippen LogP contribution in [0.1, 0.15) is 44.1 Å². The molecule has 1 heterocycles. The van der Waals surface area contributed by atoms with E-state index >= 15 is 0 Å². The molecule has 0 saturated carbocycles. The smallest absolute Gasteiger partial charge is 0.134 e. The average Bonchev–Trinajstić information content (AvgIpc) is 2.71. The van der Waals surface area contributed by atoms with Gasteiger partial charge in [0, 0.05) is 5.39 Å². The summed E-state index contributed by atoms with van der Waals surface area (Å²) in [5.74, 6) is 0.895. The third-order valence-electron chi connectivity index (χ3n) is 2.94. The van der Waals surface area contributed by atoms with Gasteiger partial charge < -0.3 is 10.2 Å². The highest BCUT2D eigenvalue weighted by molar-refractivity contribution is 5.78. The Morgan fingerprint density at radius 1 is 1.25 bits per heavy atom. The van der Waals surface area contributed by atoms with Crippen LogP contribution in [0.4, 0.5) is 0 Å². The van der Waals surface area contributed by atoms with Crippen LogP contribution in [0.2, 0.25) is 0 Å². The van der Waals surface area contributed by atoms with Crippen molar-refractivity contribution in [3.8, 4) is 0 Å². The number of fused-ring (bicyclic) bond motifs is 1. The Hall–Kier alpha value is -1.28. The van der Waals surface area contributed by atoms with Crippen molar-refractivity contribution in [2.75, 3.05) is 0 Å². The van der Waals surface area contributed by atoms with Gasteiger partial charge in [0.1, 0.15) is 11.3 Å². The molecule has 1 aromatic carbocycles. The second-order valence-electron chi connectivity index (χ2n) is 4.29. The number of hydrogen-bond acceptors (Lipinski definition) is 2. The molecule has 0 amide bonds. The second-order valence-corrected chi connectivity index (χ2v) is 4.29. The normalized spacial score (nSPS) is 13.2. The van der Waals surface area contributed by atoms with E-state index in [9.17, 15) is 0 Å². The molecule has 0 radical (unpaired) electrons. The van der Waals surface area contributed by atoms with Crippen molar-refractivity contribution in [1.82, 2.24) is 0 Å². The molecule has 0 aliphatic heterocycles. The van der Waals surface area contributed by atoms with Crippen molar-refractivity contribution >= 4 is 11.0 Å². The van der Waals surface area contributed by atoms with Crippen LogP contribution in [0.3, 0.4) is 0 Å². The highest BCUT2D eigenvalue weighted by atomic mass is 16.3. The van der Waals surface area contributed by atoms with Gasteiger partial charge in [0.05, 0.1) is 6.04 Å². The minimum atomic E-state index is 0.0158. The molecule has 0 bridgehead atoms. The topological polar surface area (TPSA) is 39.2 Å². The zero-order chi connectivity index (χ0) is 11.5. The zero-order valence-corrected chi connectivity index (χ0v) is 9.99. The third-order valence-corrected chi connectivity index (χ3v) is 2.94. The van der Waals surface area contributed by atoms with Crippen LogP contribution in [0.5, 0.6) is 0 Å². The zero-order valence-electron chi connectivity index (χ0n) is 9.99. The Bertz CT molecular complexity index is 473. The fourth-order valence-electron chi connectivity index (χ4n) is 1.94. The molecule has 2 N–H and O–H groups in total. The predicted molar refractivity (Wildman–Crippen MR) is 67.4 cm³/mol. The molecule has 1 aromatic heterocycles. The van der Waals surface area contributed by atoms with Gasteiger partial charge in [-0.3, -0.25) is 0 Å². The van der Waals surface area contributed by atoms with Gasteiger partial charge in [-0.1, -0.05) is 26.3 Å². The fourth-order valence-corrected chi connectivity index (χ4v) is 1.94.